The molecule has 0 rings (SSSR count). The van der Waals surface area contributed by atoms with Crippen LogP contribution in [0.3, 0.4) is 0 Å². The van der Waals surface area contributed by atoms with Crippen molar-refractivity contribution in [3.8, 4) is 0 Å². The minimum atomic E-state index is -0.441. The minimum absolute atomic E-state index is 0.112. The normalized spacial score (nSPS) is 11.5. The zero-order valence-corrected chi connectivity index (χ0v) is 8.34. The number of carbonyl (C=O) groups is 1. The molecule has 0 amide bonds. The highest BCUT2D eigenvalue weighted by Gasteiger charge is 2.09. The molecule has 0 bridgehead atoms. The van der Waals surface area contributed by atoms with E-state index in [4.69, 9.17) is 21.1 Å². The van der Waals surface area contributed by atoms with Crippen LogP contribution in [0.5, 0.6) is 0 Å². The quantitative estimate of drug-likeness (QED) is 0.287. The molecule has 0 aliphatic heterocycles. The summed E-state index contributed by atoms with van der Waals surface area (Å²) in [6, 6.07) is 0. The molecule has 0 aromatic carbocycles. The summed E-state index contributed by atoms with van der Waals surface area (Å²) >= 11 is 5.73. The van der Waals surface area contributed by atoms with E-state index in [1.165, 1.54) is 6.26 Å². The van der Waals surface area contributed by atoms with Crippen LogP contribution in [0.1, 0.15) is 6.92 Å². The number of halogens is 1. The fourth-order valence-electron chi connectivity index (χ4n) is 0.510. The first-order valence-electron chi connectivity index (χ1n) is 3.77. The van der Waals surface area contributed by atoms with Crippen LogP contribution in [0.15, 0.2) is 25.0 Å². The summed E-state index contributed by atoms with van der Waals surface area (Å²) in [5.74, 6) is -0.441. The molecule has 0 aromatic heterocycles. The number of alkyl halides is 1. The Morgan fingerprint density at radius 1 is 1.62 bits per heavy atom. The minimum Gasteiger partial charge on any atom is -0.500 e. The number of hydrogen-bond donors (Lipinski definition) is 0. The van der Waals surface area contributed by atoms with Gasteiger partial charge in [-0.2, -0.15) is 0 Å². The molecular weight excluding hydrogens is 192 g/mol. The van der Waals surface area contributed by atoms with Gasteiger partial charge in [-0.05, 0) is 6.92 Å². The zero-order chi connectivity index (χ0) is 10.3. The molecule has 3 nitrogen and oxygen atoms in total. The molecule has 0 N–H and O–H groups in total. The molecule has 0 saturated heterocycles. The van der Waals surface area contributed by atoms with Crippen molar-refractivity contribution in [2.45, 2.75) is 12.3 Å². The van der Waals surface area contributed by atoms with Gasteiger partial charge in [-0.3, -0.25) is 0 Å². The molecule has 0 aromatic rings. The Kier molecular flexibility index (Phi) is 6.06. The summed E-state index contributed by atoms with van der Waals surface area (Å²) in [4.78, 5) is 10.9. The van der Waals surface area contributed by atoms with Crippen molar-refractivity contribution in [3.05, 3.63) is 25.0 Å². The number of esters is 1. The maximum atomic E-state index is 10.9. The van der Waals surface area contributed by atoms with Crippen molar-refractivity contribution in [2.24, 2.45) is 0 Å². The largest absolute Gasteiger partial charge is 0.500 e. The molecule has 0 saturated carbocycles. The second-order valence-corrected chi connectivity index (χ2v) is 3.09. The summed E-state index contributed by atoms with van der Waals surface area (Å²) in [6.07, 6.45) is 1.29. The van der Waals surface area contributed by atoms with Gasteiger partial charge in [0.25, 0.3) is 0 Å². The highest BCUT2D eigenvalue weighted by Crippen LogP contribution is 2.00. The fraction of sp³-hybridized carbons (Fsp3) is 0.444. The molecule has 0 spiro atoms. The van der Waals surface area contributed by atoms with Crippen molar-refractivity contribution in [1.82, 2.24) is 0 Å². The average Bonchev–Trinajstić information content (AvgIpc) is 2.10. The number of carbonyl (C=O) groups excluding carboxylic acids is 1. The molecule has 74 valence electrons. The Labute approximate surface area is 83.0 Å². The fourth-order valence-corrected chi connectivity index (χ4v) is 0.646. The summed E-state index contributed by atoms with van der Waals surface area (Å²) < 4.78 is 9.58. The third kappa shape index (κ3) is 6.22. The molecule has 0 aliphatic rings. The first kappa shape index (κ1) is 12.0. The van der Waals surface area contributed by atoms with Crippen molar-refractivity contribution in [1.29, 1.82) is 0 Å². The summed E-state index contributed by atoms with van der Waals surface area (Å²) in [5, 5.41) is -0.360. The smallest absolute Gasteiger partial charge is 0.333 e. The van der Waals surface area contributed by atoms with Crippen LogP contribution in [-0.4, -0.2) is 24.6 Å². The van der Waals surface area contributed by atoms with Gasteiger partial charge in [0.1, 0.15) is 18.6 Å². The summed E-state index contributed by atoms with van der Waals surface area (Å²) in [5.41, 5.74) is 0.355. The summed E-state index contributed by atoms with van der Waals surface area (Å²) in [7, 11) is 0. The van der Waals surface area contributed by atoms with E-state index < -0.39 is 5.97 Å². The second kappa shape index (κ2) is 6.54. The molecule has 0 radical (unpaired) electrons. The van der Waals surface area contributed by atoms with Crippen molar-refractivity contribution < 1.29 is 14.3 Å². The van der Waals surface area contributed by atoms with Gasteiger partial charge in [0.15, 0.2) is 0 Å². The molecule has 0 aliphatic carbocycles. The molecule has 1 unspecified atom stereocenters. The van der Waals surface area contributed by atoms with E-state index >= 15 is 0 Å². The second-order valence-electron chi connectivity index (χ2n) is 2.48. The van der Waals surface area contributed by atoms with Gasteiger partial charge >= 0.3 is 5.97 Å². The van der Waals surface area contributed by atoms with Crippen LogP contribution in [0.4, 0.5) is 0 Å². The van der Waals surface area contributed by atoms with E-state index in [1.807, 2.05) is 0 Å². The van der Waals surface area contributed by atoms with Crippen LogP contribution in [0, 0.1) is 0 Å². The van der Waals surface area contributed by atoms with E-state index in [9.17, 15) is 4.79 Å². The van der Waals surface area contributed by atoms with E-state index in [0.717, 1.165) is 0 Å². The molecule has 0 heterocycles. The standard InChI is InChI=1S/C9H13ClO3/c1-4-12-5-8(10)6-13-9(11)7(2)3/h4,8H,1-2,5-6H2,3H3. The predicted molar refractivity (Wildman–Crippen MR) is 51.6 cm³/mol. The number of ether oxygens (including phenoxy) is 2. The zero-order valence-electron chi connectivity index (χ0n) is 7.59. The van der Waals surface area contributed by atoms with E-state index in [1.54, 1.807) is 6.92 Å². The van der Waals surface area contributed by atoms with Crippen LogP contribution < -0.4 is 0 Å². The van der Waals surface area contributed by atoms with Gasteiger partial charge < -0.3 is 9.47 Å². The Bertz CT molecular complexity index is 201. The lowest BCUT2D eigenvalue weighted by atomic mass is 10.4. The molecule has 0 fully saturated rings. The van der Waals surface area contributed by atoms with Gasteiger partial charge in [-0.1, -0.05) is 13.2 Å². The SMILES string of the molecule is C=COCC(Cl)COC(=O)C(=C)C. The van der Waals surface area contributed by atoms with Gasteiger partial charge in [0, 0.05) is 5.57 Å². The maximum absolute atomic E-state index is 10.9. The Morgan fingerprint density at radius 3 is 2.69 bits per heavy atom. The summed E-state index contributed by atoms with van der Waals surface area (Å²) in [6.45, 7) is 8.74. The van der Waals surface area contributed by atoms with Crippen molar-refractivity contribution in [3.63, 3.8) is 0 Å². The lowest BCUT2D eigenvalue weighted by molar-refractivity contribution is -0.139. The van der Waals surface area contributed by atoms with E-state index in [2.05, 4.69) is 13.2 Å². The highest BCUT2D eigenvalue weighted by molar-refractivity contribution is 6.20. The third-order valence-electron chi connectivity index (χ3n) is 1.14. The molecule has 13 heavy (non-hydrogen) atoms. The lowest BCUT2D eigenvalue weighted by Crippen LogP contribution is -2.18. The van der Waals surface area contributed by atoms with Gasteiger partial charge in [0.2, 0.25) is 0 Å². The van der Waals surface area contributed by atoms with E-state index in [0.29, 0.717) is 5.57 Å². The number of rotatable bonds is 6. The first-order valence-corrected chi connectivity index (χ1v) is 4.20. The third-order valence-corrected chi connectivity index (χ3v) is 1.39. The molecular formula is C9H13ClO3. The molecule has 1 atom stereocenters. The van der Waals surface area contributed by atoms with Crippen LogP contribution in [0.25, 0.3) is 0 Å². The molecule has 4 heteroatoms. The van der Waals surface area contributed by atoms with Crippen LogP contribution in [-0.2, 0) is 14.3 Å². The van der Waals surface area contributed by atoms with Gasteiger partial charge in [0.05, 0.1) is 6.26 Å². The first-order chi connectivity index (χ1) is 6.07. The Hall–Kier alpha value is -0.960. The van der Waals surface area contributed by atoms with Crippen LogP contribution >= 0.6 is 11.6 Å². The van der Waals surface area contributed by atoms with Crippen molar-refractivity contribution in [2.75, 3.05) is 13.2 Å². The average molecular weight is 205 g/mol. The van der Waals surface area contributed by atoms with Gasteiger partial charge in [-0.25, -0.2) is 4.79 Å². The highest BCUT2D eigenvalue weighted by atomic mass is 35.5. The van der Waals surface area contributed by atoms with E-state index in [-0.39, 0.29) is 18.6 Å². The predicted octanol–water partition coefficient (Wildman–Crippen LogP) is 1.87. The monoisotopic (exact) mass is 204 g/mol. The maximum Gasteiger partial charge on any atom is 0.333 e. The van der Waals surface area contributed by atoms with Crippen molar-refractivity contribution >= 4 is 17.6 Å². The lowest BCUT2D eigenvalue weighted by Gasteiger charge is -2.09. The van der Waals surface area contributed by atoms with Crippen LogP contribution in [0.2, 0.25) is 0 Å². The Balaban J connectivity index is 3.57. The topological polar surface area (TPSA) is 35.5 Å². The number of hydrogen-bond acceptors (Lipinski definition) is 3. The Morgan fingerprint density at radius 2 is 2.23 bits per heavy atom. The van der Waals surface area contributed by atoms with Gasteiger partial charge in [-0.15, -0.1) is 11.6 Å².